The Kier molecular flexibility index (Phi) is 3.70. The van der Waals surface area contributed by atoms with E-state index in [4.69, 9.17) is 4.74 Å². The number of benzene rings is 2. The van der Waals surface area contributed by atoms with Crippen LogP contribution < -0.4 is 0 Å². The van der Waals surface area contributed by atoms with Crippen LogP contribution in [0.5, 0.6) is 0 Å². The molecule has 0 spiro atoms. The van der Waals surface area contributed by atoms with Gasteiger partial charge in [-0.25, -0.2) is 9.59 Å². The Morgan fingerprint density at radius 2 is 1.36 bits per heavy atom. The lowest BCUT2D eigenvalue weighted by Crippen LogP contribution is -2.34. The Balaban J connectivity index is 2.38. The topological polar surface area (TPSA) is 60.4 Å². The molecular weight excluding hydrogens is 299 g/mol. The van der Waals surface area contributed by atoms with Crippen molar-refractivity contribution < 1.29 is 18.9 Å². The maximum atomic E-state index is 12.6. The average Bonchev–Trinajstić information content (AvgIpc) is 2.81. The maximum Gasteiger partial charge on any atom is 0.344 e. The first-order valence-corrected chi connectivity index (χ1v) is 7.50. The number of rotatable bonds is 3. The quantitative estimate of drug-likeness (QED) is 0.378. The van der Waals surface area contributed by atoms with Crippen molar-refractivity contribution in [3.63, 3.8) is 0 Å². The highest BCUT2D eigenvalue weighted by Crippen LogP contribution is 2.45. The van der Waals surface area contributed by atoms with Gasteiger partial charge in [0, 0.05) is 5.82 Å². The summed E-state index contributed by atoms with van der Waals surface area (Å²) in [5, 5.41) is 0. The molecule has 3 rings (SSSR count). The molecule has 5 heteroatoms. The first-order chi connectivity index (χ1) is 10.7. The molecule has 4 nitrogen and oxygen atoms in total. The monoisotopic (exact) mass is 310 g/mol. The third kappa shape index (κ3) is 2.00. The van der Waals surface area contributed by atoms with E-state index in [-0.39, 0.29) is 14.0 Å². The minimum absolute atomic E-state index is 0.0755. The number of hydrogen-bond acceptors (Lipinski definition) is 4. The van der Waals surface area contributed by atoms with Crippen molar-refractivity contribution >= 4 is 20.4 Å². The van der Waals surface area contributed by atoms with E-state index < -0.39 is 17.4 Å². The van der Waals surface area contributed by atoms with Crippen LogP contribution in [0.4, 0.5) is 0 Å². The van der Waals surface area contributed by atoms with Gasteiger partial charge in [0.25, 0.3) is 0 Å². The zero-order valence-corrected chi connectivity index (χ0v) is 12.3. The predicted molar refractivity (Wildman–Crippen MR) is 80.5 cm³/mol. The van der Waals surface area contributed by atoms with Gasteiger partial charge < -0.3 is 4.74 Å². The van der Waals surface area contributed by atoms with Gasteiger partial charge in [0.05, 0.1) is 5.57 Å². The van der Waals surface area contributed by atoms with E-state index in [9.17, 15) is 14.2 Å². The number of esters is 2. The normalized spacial score (nSPS) is 18.6. The molecule has 0 bridgehead atoms. The zero-order valence-electron chi connectivity index (χ0n) is 11.4. The Labute approximate surface area is 128 Å². The van der Waals surface area contributed by atoms with Gasteiger partial charge in [0.1, 0.15) is 0 Å². The molecule has 108 valence electrons. The van der Waals surface area contributed by atoms with E-state index in [0.717, 1.165) is 0 Å². The van der Waals surface area contributed by atoms with E-state index >= 15 is 0 Å². The molecule has 1 aliphatic heterocycles. The summed E-state index contributed by atoms with van der Waals surface area (Å²) in [6.07, 6.45) is 0. The van der Waals surface area contributed by atoms with Gasteiger partial charge in [0.15, 0.2) is 13.9 Å². The lowest BCUT2D eigenvalue weighted by molar-refractivity contribution is -0.152. The first-order valence-electron chi connectivity index (χ1n) is 6.62. The molecule has 0 amide bonds. The predicted octanol–water partition coefficient (Wildman–Crippen LogP) is 3.23. The van der Waals surface area contributed by atoms with Crippen LogP contribution in [0.3, 0.4) is 0 Å². The molecule has 0 unspecified atom stereocenters. The summed E-state index contributed by atoms with van der Waals surface area (Å²) in [4.78, 5) is 24.7. The van der Waals surface area contributed by atoms with Crippen molar-refractivity contribution in [2.24, 2.45) is 0 Å². The molecule has 0 aromatic heterocycles. The second-order valence-corrected chi connectivity index (χ2v) is 5.28. The highest BCUT2D eigenvalue weighted by molar-refractivity contribution is 7.27. The van der Waals surface area contributed by atoms with Crippen LogP contribution in [-0.4, -0.2) is 11.9 Å². The van der Waals surface area contributed by atoms with Crippen LogP contribution in [0.25, 0.3) is 0 Å². The summed E-state index contributed by atoms with van der Waals surface area (Å²) in [7, 11) is -0.355. The Morgan fingerprint density at radius 3 is 1.82 bits per heavy atom. The third-order valence-corrected chi connectivity index (χ3v) is 4.07. The van der Waals surface area contributed by atoms with Gasteiger partial charge in [-0.3, -0.25) is 4.57 Å². The van der Waals surface area contributed by atoms with Crippen molar-refractivity contribution in [2.75, 3.05) is 0 Å². The standard InChI is InChI=1S/C17H11O4P/c18-15-14(11-22-20)17(16(19)21-15,12-7-3-1-4-8-12)13-9-5-2-6-10-13/h1-11H. The molecule has 2 aromatic carbocycles. The van der Waals surface area contributed by atoms with E-state index in [0.29, 0.717) is 11.1 Å². The lowest BCUT2D eigenvalue weighted by atomic mass is 9.71. The zero-order chi connectivity index (χ0) is 15.6. The Hall–Kier alpha value is -2.58. The lowest BCUT2D eigenvalue weighted by Gasteiger charge is -2.26. The van der Waals surface area contributed by atoms with Gasteiger partial charge >= 0.3 is 11.9 Å². The van der Waals surface area contributed by atoms with E-state index in [1.165, 1.54) is 5.82 Å². The van der Waals surface area contributed by atoms with Crippen LogP contribution in [0.15, 0.2) is 72.1 Å². The second kappa shape index (κ2) is 5.66. The van der Waals surface area contributed by atoms with E-state index in [1.807, 2.05) is 12.1 Å². The van der Waals surface area contributed by atoms with Crippen molar-refractivity contribution in [3.05, 3.63) is 83.2 Å². The summed E-state index contributed by atoms with van der Waals surface area (Å²) in [6.45, 7) is 0. The summed E-state index contributed by atoms with van der Waals surface area (Å²) in [5.74, 6) is -0.237. The molecule has 1 heterocycles. The van der Waals surface area contributed by atoms with Crippen LogP contribution in [0.1, 0.15) is 11.1 Å². The molecule has 1 saturated heterocycles. The van der Waals surface area contributed by atoms with Crippen LogP contribution in [-0.2, 0) is 24.3 Å². The molecule has 2 aromatic rings. The van der Waals surface area contributed by atoms with Gasteiger partial charge in [-0.05, 0) is 11.1 Å². The van der Waals surface area contributed by atoms with Crippen molar-refractivity contribution in [2.45, 2.75) is 5.41 Å². The SMILES string of the molecule is O=PC=C1C(=O)OC(=O)C1(c1ccccc1)c1ccccc1. The third-order valence-electron chi connectivity index (χ3n) is 3.71. The molecule has 0 aliphatic carbocycles. The number of hydrogen-bond donors (Lipinski definition) is 0. The molecule has 0 radical (unpaired) electrons. The van der Waals surface area contributed by atoms with Gasteiger partial charge in [-0.1, -0.05) is 60.7 Å². The number of cyclic esters (lactones) is 2. The minimum atomic E-state index is -1.38. The molecule has 0 N–H and O–H groups in total. The Morgan fingerprint density at radius 1 is 0.864 bits per heavy atom. The van der Waals surface area contributed by atoms with Crippen LogP contribution in [0.2, 0.25) is 0 Å². The fraction of sp³-hybridized carbons (Fsp3) is 0.0588. The summed E-state index contributed by atoms with van der Waals surface area (Å²) >= 11 is 0. The molecule has 0 atom stereocenters. The van der Waals surface area contributed by atoms with Gasteiger partial charge in [-0.2, -0.15) is 0 Å². The average molecular weight is 310 g/mol. The van der Waals surface area contributed by atoms with Crippen LogP contribution >= 0.6 is 8.46 Å². The van der Waals surface area contributed by atoms with Gasteiger partial charge in [0.2, 0.25) is 0 Å². The Bertz CT molecular complexity index is 726. The highest BCUT2D eigenvalue weighted by Gasteiger charge is 2.56. The van der Waals surface area contributed by atoms with Crippen molar-refractivity contribution in [3.8, 4) is 0 Å². The molecule has 1 aliphatic rings. The van der Waals surface area contributed by atoms with Crippen molar-refractivity contribution in [1.82, 2.24) is 0 Å². The molecular formula is C17H11O4P. The molecule has 1 fully saturated rings. The second-order valence-electron chi connectivity index (χ2n) is 4.81. The van der Waals surface area contributed by atoms with E-state index in [1.54, 1.807) is 48.5 Å². The number of carbonyl (C=O) groups excluding carboxylic acids is 2. The first kappa shape index (κ1) is 14.4. The summed E-state index contributed by atoms with van der Waals surface area (Å²) in [5.41, 5.74) is -0.0951. The number of carbonyl (C=O) groups is 2. The fourth-order valence-electron chi connectivity index (χ4n) is 2.77. The van der Waals surface area contributed by atoms with Crippen molar-refractivity contribution in [1.29, 1.82) is 0 Å². The summed E-state index contributed by atoms with van der Waals surface area (Å²) in [6, 6.07) is 17.8. The number of ether oxygens (including phenoxy) is 1. The fourth-order valence-corrected chi connectivity index (χ4v) is 3.18. The van der Waals surface area contributed by atoms with Gasteiger partial charge in [-0.15, -0.1) is 0 Å². The molecule has 22 heavy (non-hydrogen) atoms. The summed E-state index contributed by atoms with van der Waals surface area (Å²) < 4.78 is 15.9. The minimum Gasteiger partial charge on any atom is -0.388 e. The molecule has 0 saturated carbocycles. The maximum absolute atomic E-state index is 12.6. The van der Waals surface area contributed by atoms with E-state index in [2.05, 4.69) is 0 Å². The highest BCUT2D eigenvalue weighted by atomic mass is 31.1. The van der Waals surface area contributed by atoms with Crippen LogP contribution in [0, 0.1) is 0 Å². The smallest absolute Gasteiger partial charge is 0.344 e. The largest absolute Gasteiger partial charge is 0.388 e.